The number of pyridine rings is 1. The quantitative estimate of drug-likeness (QED) is 0.707. The standard InChI is InChI=1S/C17H17N5OS/c1-11-5-3-7-13(9-11)16-21-15(23-22-16)10-18-17(24)20-14-8-4-6-12(2)19-14/h3-9H,10H2,1-2H3,(H2,18,19,20,24). The molecule has 7 heteroatoms. The van der Waals surface area contributed by atoms with Crippen molar-refractivity contribution in [3.63, 3.8) is 0 Å². The first-order valence-electron chi connectivity index (χ1n) is 7.48. The number of hydrogen-bond acceptors (Lipinski definition) is 5. The van der Waals surface area contributed by atoms with Gasteiger partial charge in [0.25, 0.3) is 0 Å². The molecule has 1 aromatic carbocycles. The second kappa shape index (κ2) is 7.18. The molecule has 122 valence electrons. The molecule has 0 spiro atoms. The summed E-state index contributed by atoms with van der Waals surface area (Å²) in [6.07, 6.45) is 0. The number of rotatable bonds is 4. The average Bonchev–Trinajstić information content (AvgIpc) is 3.02. The molecule has 0 aliphatic rings. The summed E-state index contributed by atoms with van der Waals surface area (Å²) in [6.45, 7) is 4.29. The molecule has 0 saturated heterocycles. The van der Waals surface area contributed by atoms with Gasteiger partial charge in [-0.3, -0.25) is 0 Å². The fourth-order valence-electron chi connectivity index (χ4n) is 2.16. The summed E-state index contributed by atoms with van der Waals surface area (Å²) in [7, 11) is 0. The molecule has 3 aromatic rings. The highest BCUT2D eigenvalue weighted by Crippen LogP contribution is 2.16. The van der Waals surface area contributed by atoms with E-state index in [-0.39, 0.29) is 0 Å². The van der Waals surface area contributed by atoms with Gasteiger partial charge < -0.3 is 15.2 Å². The molecule has 3 rings (SSSR count). The van der Waals surface area contributed by atoms with Crippen molar-refractivity contribution in [2.75, 3.05) is 5.32 Å². The van der Waals surface area contributed by atoms with E-state index in [1.54, 1.807) is 0 Å². The fourth-order valence-corrected chi connectivity index (χ4v) is 2.33. The van der Waals surface area contributed by atoms with Crippen molar-refractivity contribution >= 4 is 23.1 Å². The predicted octanol–water partition coefficient (Wildman–Crippen LogP) is 3.24. The van der Waals surface area contributed by atoms with Gasteiger partial charge in [-0.05, 0) is 44.3 Å². The topological polar surface area (TPSA) is 75.9 Å². The van der Waals surface area contributed by atoms with Crippen molar-refractivity contribution in [3.8, 4) is 11.4 Å². The van der Waals surface area contributed by atoms with E-state index in [1.165, 1.54) is 0 Å². The number of aryl methyl sites for hydroxylation is 2. The monoisotopic (exact) mass is 339 g/mol. The van der Waals surface area contributed by atoms with Gasteiger partial charge in [-0.1, -0.05) is 35.0 Å². The van der Waals surface area contributed by atoms with Crippen LogP contribution in [0.25, 0.3) is 11.4 Å². The number of benzene rings is 1. The van der Waals surface area contributed by atoms with Crippen molar-refractivity contribution in [3.05, 3.63) is 59.6 Å². The minimum Gasteiger partial charge on any atom is -0.353 e. The molecule has 0 aliphatic heterocycles. The van der Waals surface area contributed by atoms with Gasteiger partial charge in [0.2, 0.25) is 11.7 Å². The molecule has 2 aromatic heterocycles. The molecule has 0 unspecified atom stereocenters. The minimum absolute atomic E-state index is 0.344. The zero-order chi connectivity index (χ0) is 16.9. The highest BCUT2D eigenvalue weighted by Gasteiger charge is 2.09. The Balaban J connectivity index is 1.58. The molecule has 0 bridgehead atoms. The van der Waals surface area contributed by atoms with Crippen LogP contribution in [0.3, 0.4) is 0 Å². The first kappa shape index (κ1) is 16.1. The largest absolute Gasteiger partial charge is 0.353 e. The summed E-state index contributed by atoms with van der Waals surface area (Å²) in [5.74, 6) is 1.72. The van der Waals surface area contributed by atoms with Crippen LogP contribution in [0.4, 0.5) is 5.82 Å². The van der Waals surface area contributed by atoms with E-state index in [4.69, 9.17) is 16.7 Å². The lowest BCUT2D eigenvalue weighted by Gasteiger charge is -2.08. The number of anilines is 1. The maximum atomic E-state index is 5.25. The molecular weight excluding hydrogens is 322 g/mol. The third kappa shape index (κ3) is 4.14. The van der Waals surface area contributed by atoms with Crippen LogP contribution < -0.4 is 10.6 Å². The van der Waals surface area contributed by atoms with Gasteiger partial charge >= 0.3 is 0 Å². The molecule has 0 amide bonds. The Morgan fingerprint density at radius 3 is 2.75 bits per heavy atom. The Labute approximate surface area is 145 Å². The number of nitrogens with one attached hydrogen (secondary N) is 2. The number of nitrogens with zero attached hydrogens (tertiary/aromatic N) is 3. The van der Waals surface area contributed by atoms with Crippen molar-refractivity contribution in [1.29, 1.82) is 0 Å². The number of hydrogen-bond donors (Lipinski definition) is 2. The molecule has 0 radical (unpaired) electrons. The summed E-state index contributed by atoms with van der Waals surface area (Å²) < 4.78 is 5.25. The Bertz CT molecular complexity index is 861. The summed E-state index contributed by atoms with van der Waals surface area (Å²) >= 11 is 5.24. The van der Waals surface area contributed by atoms with Gasteiger partial charge in [-0.25, -0.2) is 4.98 Å². The summed E-state index contributed by atoms with van der Waals surface area (Å²) in [5.41, 5.74) is 2.99. The lowest BCUT2D eigenvalue weighted by atomic mass is 10.1. The van der Waals surface area contributed by atoms with E-state index in [0.29, 0.717) is 29.2 Å². The van der Waals surface area contributed by atoms with E-state index in [9.17, 15) is 0 Å². The van der Waals surface area contributed by atoms with Gasteiger partial charge in [-0.15, -0.1) is 0 Å². The van der Waals surface area contributed by atoms with E-state index in [0.717, 1.165) is 16.8 Å². The van der Waals surface area contributed by atoms with Crippen LogP contribution in [0.15, 0.2) is 47.0 Å². The zero-order valence-electron chi connectivity index (χ0n) is 13.4. The maximum absolute atomic E-state index is 5.25. The van der Waals surface area contributed by atoms with Crippen molar-refractivity contribution in [2.24, 2.45) is 0 Å². The molecule has 0 saturated carbocycles. The van der Waals surface area contributed by atoms with E-state index in [2.05, 4.69) is 25.8 Å². The molecule has 0 atom stereocenters. The Kier molecular flexibility index (Phi) is 4.81. The van der Waals surface area contributed by atoms with Gasteiger partial charge in [0.1, 0.15) is 5.82 Å². The Morgan fingerprint density at radius 2 is 1.96 bits per heavy atom. The molecule has 0 fully saturated rings. The van der Waals surface area contributed by atoms with Crippen LogP contribution in [0.5, 0.6) is 0 Å². The van der Waals surface area contributed by atoms with Crippen molar-refractivity contribution in [2.45, 2.75) is 20.4 Å². The zero-order valence-corrected chi connectivity index (χ0v) is 14.2. The average molecular weight is 339 g/mol. The second-order valence-corrected chi connectivity index (χ2v) is 5.76. The Hall–Kier alpha value is -2.80. The molecule has 6 nitrogen and oxygen atoms in total. The predicted molar refractivity (Wildman–Crippen MR) is 96.5 cm³/mol. The molecule has 2 N–H and O–H groups in total. The van der Waals surface area contributed by atoms with Gasteiger partial charge in [0, 0.05) is 11.3 Å². The summed E-state index contributed by atoms with van der Waals surface area (Å²) in [6, 6.07) is 13.6. The van der Waals surface area contributed by atoms with Gasteiger partial charge in [-0.2, -0.15) is 4.98 Å². The lowest BCUT2D eigenvalue weighted by Crippen LogP contribution is -2.28. The maximum Gasteiger partial charge on any atom is 0.246 e. The smallest absolute Gasteiger partial charge is 0.246 e. The SMILES string of the molecule is Cc1cccc(-c2noc(CNC(=S)Nc3cccc(C)n3)n2)c1. The molecule has 0 aliphatic carbocycles. The summed E-state index contributed by atoms with van der Waals surface area (Å²) in [5, 5.41) is 10.5. The summed E-state index contributed by atoms with van der Waals surface area (Å²) in [4.78, 5) is 8.70. The highest BCUT2D eigenvalue weighted by molar-refractivity contribution is 7.80. The van der Waals surface area contributed by atoms with Crippen LogP contribution >= 0.6 is 12.2 Å². The lowest BCUT2D eigenvalue weighted by molar-refractivity contribution is 0.376. The fraction of sp³-hybridized carbons (Fsp3) is 0.176. The van der Waals surface area contributed by atoms with Crippen LogP contribution in [0.2, 0.25) is 0 Å². The Morgan fingerprint density at radius 1 is 1.12 bits per heavy atom. The van der Waals surface area contributed by atoms with E-state index in [1.807, 2.05) is 56.3 Å². The molecule has 2 heterocycles. The second-order valence-electron chi connectivity index (χ2n) is 5.35. The van der Waals surface area contributed by atoms with Gasteiger partial charge in [0.05, 0.1) is 6.54 Å². The first-order valence-corrected chi connectivity index (χ1v) is 7.89. The molecule has 24 heavy (non-hydrogen) atoms. The third-order valence-electron chi connectivity index (χ3n) is 3.27. The van der Waals surface area contributed by atoms with E-state index >= 15 is 0 Å². The van der Waals surface area contributed by atoms with Crippen LogP contribution in [-0.2, 0) is 6.54 Å². The van der Waals surface area contributed by atoms with Crippen LogP contribution in [0.1, 0.15) is 17.1 Å². The highest BCUT2D eigenvalue weighted by atomic mass is 32.1. The van der Waals surface area contributed by atoms with Crippen LogP contribution in [0, 0.1) is 13.8 Å². The van der Waals surface area contributed by atoms with Crippen molar-refractivity contribution < 1.29 is 4.52 Å². The molecular formula is C17H17N5OS. The number of aromatic nitrogens is 3. The third-order valence-corrected chi connectivity index (χ3v) is 3.52. The normalized spacial score (nSPS) is 10.4. The van der Waals surface area contributed by atoms with Crippen LogP contribution in [-0.4, -0.2) is 20.2 Å². The van der Waals surface area contributed by atoms with E-state index < -0.39 is 0 Å². The first-order chi connectivity index (χ1) is 11.6. The van der Waals surface area contributed by atoms with Gasteiger partial charge in [0.15, 0.2) is 5.11 Å². The number of thiocarbonyl (C=S) groups is 1. The minimum atomic E-state index is 0.344. The van der Waals surface area contributed by atoms with Crippen molar-refractivity contribution in [1.82, 2.24) is 20.4 Å².